The third-order valence-corrected chi connectivity index (χ3v) is 3.78. The maximum absolute atomic E-state index is 4.68. The van der Waals surface area contributed by atoms with Gasteiger partial charge in [0, 0.05) is 24.3 Å². The molecule has 1 aromatic heterocycles. The number of nitrogens with zero attached hydrogens (tertiary/aromatic N) is 3. The molecule has 0 amide bonds. The van der Waals surface area contributed by atoms with Gasteiger partial charge in [-0.25, -0.2) is 0 Å². The standard InChI is InChI=1S/C15H30N4/c1-6-9-16-12-15-13(4)17-19(14(15)5)11-10-18(7-2)8-3/h16H,6-12H2,1-5H3. The van der Waals surface area contributed by atoms with Crippen LogP contribution in [0.5, 0.6) is 0 Å². The van der Waals surface area contributed by atoms with E-state index in [1.165, 1.54) is 23.4 Å². The Labute approximate surface area is 118 Å². The fourth-order valence-electron chi connectivity index (χ4n) is 2.37. The van der Waals surface area contributed by atoms with Crippen LogP contribution in [0.1, 0.15) is 44.1 Å². The normalized spacial score (nSPS) is 11.5. The molecule has 0 saturated heterocycles. The Kier molecular flexibility index (Phi) is 7.10. The zero-order valence-electron chi connectivity index (χ0n) is 13.3. The van der Waals surface area contributed by atoms with E-state index >= 15 is 0 Å². The third kappa shape index (κ3) is 4.62. The third-order valence-electron chi connectivity index (χ3n) is 3.78. The molecule has 4 nitrogen and oxygen atoms in total. The Hall–Kier alpha value is -0.870. The molecule has 0 aliphatic heterocycles. The summed E-state index contributed by atoms with van der Waals surface area (Å²) in [5.41, 5.74) is 3.85. The maximum Gasteiger partial charge on any atom is 0.0641 e. The second-order valence-electron chi connectivity index (χ2n) is 5.08. The molecule has 0 radical (unpaired) electrons. The maximum atomic E-state index is 4.68. The molecule has 0 aromatic carbocycles. The lowest BCUT2D eigenvalue weighted by Crippen LogP contribution is -2.27. The molecule has 0 saturated carbocycles. The molecule has 0 atom stereocenters. The summed E-state index contributed by atoms with van der Waals surface area (Å²) in [5, 5.41) is 8.15. The Bertz CT molecular complexity index is 366. The van der Waals surface area contributed by atoms with Crippen LogP contribution in [0.4, 0.5) is 0 Å². The minimum Gasteiger partial charge on any atom is -0.313 e. The predicted octanol–water partition coefficient (Wildman–Crippen LogP) is 2.34. The molecule has 0 fully saturated rings. The number of likely N-dealkylation sites (N-methyl/N-ethyl adjacent to an activating group) is 1. The van der Waals surface area contributed by atoms with Crippen LogP contribution in [0.2, 0.25) is 0 Å². The van der Waals surface area contributed by atoms with E-state index < -0.39 is 0 Å². The van der Waals surface area contributed by atoms with Crippen LogP contribution in [0.25, 0.3) is 0 Å². The molecular formula is C15H30N4. The molecule has 1 heterocycles. The molecule has 0 aliphatic carbocycles. The number of aromatic nitrogens is 2. The molecule has 0 bridgehead atoms. The van der Waals surface area contributed by atoms with Gasteiger partial charge in [0.1, 0.15) is 0 Å². The van der Waals surface area contributed by atoms with Gasteiger partial charge in [-0.1, -0.05) is 20.8 Å². The molecule has 1 N–H and O–H groups in total. The SMILES string of the molecule is CCCNCc1c(C)nn(CCN(CC)CC)c1C. The van der Waals surface area contributed by atoms with E-state index in [1.54, 1.807) is 0 Å². The topological polar surface area (TPSA) is 33.1 Å². The summed E-state index contributed by atoms with van der Waals surface area (Å²) in [5.74, 6) is 0. The highest BCUT2D eigenvalue weighted by Gasteiger charge is 2.11. The summed E-state index contributed by atoms with van der Waals surface area (Å²) in [7, 11) is 0. The molecule has 110 valence electrons. The second kappa shape index (κ2) is 8.33. The molecule has 0 spiro atoms. The van der Waals surface area contributed by atoms with Crippen molar-refractivity contribution in [1.29, 1.82) is 0 Å². The first-order chi connectivity index (χ1) is 9.13. The summed E-state index contributed by atoms with van der Waals surface area (Å²) in [6, 6.07) is 0. The van der Waals surface area contributed by atoms with E-state index in [9.17, 15) is 0 Å². The average Bonchev–Trinajstić information content (AvgIpc) is 2.67. The van der Waals surface area contributed by atoms with Crippen molar-refractivity contribution in [3.63, 3.8) is 0 Å². The van der Waals surface area contributed by atoms with E-state index in [0.717, 1.165) is 39.3 Å². The van der Waals surface area contributed by atoms with Crippen LogP contribution in [0.3, 0.4) is 0 Å². The van der Waals surface area contributed by atoms with Gasteiger partial charge in [0.2, 0.25) is 0 Å². The van der Waals surface area contributed by atoms with Gasteiger partial charge in [0.15, 0.2) is 0 Å². The van der Waals surface area contributed by atoms with E-state index in [4.69, 9.17) is 0 Å². The summed E-state index contributed by atoms with van der Waals surface area (Å²) in [4.78, 5) is 2.44. The summed E-state index contributed by atoms with van der Waals surface area (Å²) >= 11 is 0. The first kappa shape index (κ1) is 16.2. The predicted molar refractivity (Wildman–Crippen MR) is 81.5 cm³/mol. The largest absolute Gasteiger partial charge is 0.313 e. The highest BCUT2D eigenvalue weighted by molar-refractivity contribution is 5.24. The monoisotopic (exact) mass is 266 g/mol. The minimum atomic E-state index is 0.941. The van der Waals surface area contributed by atoms with Crippen LogP contribution < -0.4 is 5.32 Å². The van der Waals surface area contributed by atoms with Crippen LogP contribution in [-0.4, -0.2) is 40.9 Å². The van der Waals surface area contributed by atoms with Gasteiger partial charge in [-0.3, -0.25) is 4.68 Å². The fraction of sp³-hybridized carbons (Fsp3) is 0.800. The first-order valence-corrected chi connectivity index (χ1v) is 7.59. The van der Waals surface area contributed by atoms with Gasteiger partial charge >= 0.3 is 0 Å². The van der Waals surface area contributed by atoms with E-state index in [2.05, 4.69) is 54.6 Å². The minimum absolute atomic E-state index is 0.941. The average molecular weight is 266 g/mol. The van der Waals surface area contributed by atoms with Crippen molar-refractivity contribution in [2.45, 2.75) is 54.1 Å². The van der Waals surface area contributed by atoms with Crippen molar-refractivity contribution in [2.75, 3.05) is 26.2 Å². The number of hydrogen-bond donors (Lipinski definition) is 1. The molecular weight excluding hydrogens is 236 g/mol. The molecule has 1 aromatic rings. The Morgan fingerprint density at radius 3 is 2.42 bits per heavy atom. The molecule has 1 rings (SSSR count). The van der Waals surface area contributed by atoms with Crippen molar-refractivity contribution < 1.29 is 0 Å². The number of nitrogens with one attached hydrogen (secondary N) is 1. The summed E-state index contributed by atoms with van der Waals surface area (Å²) in [6.45, 7) is 17.2. The summed E-state index contributed by atoms with van der Waals surface area (Å²) in [6.07, 6.45) is 1.17. The van der Waals surface area contributed by atoms with Crippen molar-refractivity contribution in [2.24, 2.45) is 0 Å². The van der Waals surface area contributed by atoms with Crippen molar-refractivity contribution in [1.82, 2.24) is 20.0 Å². The Balaban J connectivity index is 2.62. The lowest BCUT2D eigenvalue weighted by Gasteiger charge is -2.18. The van der Waals surface area contributed by atoms with E-state index in [-0.39, 0.29) is 0 Å². The highest BCUT2D eigenvalue weighted by Crippen LogP contribution is 2.12. The van der Waals surface area contributed by atoms with Crippen LogP contribution in [0.15, 0.2) is 0 Å². The number of aryl methyl sites for hydroxylation is 1. The van der Waals surface area contributed by atoms with Gasteiger partial charge in [0.05, 0.1) is 12.2 Å². The van der Waals surface area contributed by atoms with Gasteiger partial charge in [-0.2, -0.15) is 5.10 Å². The lowest BCUT2D eigenvalue weighted by atomic mass is 10.2. The van der Waals surface area contributed by atoms with Crippen molar-refractivity contribution in [3.8, 4) is 0 Å². The smallest absolute Gasteiger partial charge is 0.0641 e. The molecule has 0 aliphatic rings. The fourth-order valence-corrected chi connectivity index (χ4v) is 2.37. The Morgan fingerprint density at radius 2 is 1.84 bits per heavy atom. The van der Waals surface area contributed by atoms with E-state index in [0.29, 0.717) is 0 Å². The van der Waals surface area contributed by atoms with Crippen LogP contribution in [0, 0.1) is 13.8 Å². The van der Waals surface area contributed by atoms with Gasteiger partial charge in [-0.05, 0) is 39.9 Å². The van der Waals surface area contributed by atoms with E-state index in [1.807, 2.05) is 0 Å². The van der Waals surface area contributed by atoms with Gasteiger partial charge < -0.3 is 10.2 Å². The zero-order valence-corrected chi connectivity index (χ0v) is 13.3. The highest BCUT2D eigenvalue weighted by atomic mass is 15.3. The number of hydrogen-bond acceptors (Lipinski definition) is 3. The van der Waals surface area contributed by atoms with Gasteiger partial charge in [0.25, 0.3) is 0 Å². The van der Waals surface area contributed by atoms with Crippen molar-refractivity contribution in [3.05, 3.63) is 17.0 Å². The lowest BCUT2D eigenvalue weighted by molar-refractivity contribution is 0.284. The van der Waals surface area contributed by atoms with Gasteiger partial charge in [-0.15, -0.1) is 0 Å². The molecule has 19 heavy (non-hydrogen) atoms. The summed E-state index contributed by atoms with van der Waals surface area (Å²) < 4.78 is 2.16. The molecule has 0 unspecified atom stereocenters. The van der Waals surface area contributed by atoms with Crippen LogP contribution in [-0.2, 0) is 13.1 Å². The molecule has 4 heteroatoms. The zero-order chi connectivity index (χ0) is 14.3. The number of rotatable bonds is 9. The Morgan fingerprint density at radius 1 is 1.16 bits per heavy atom. The quantitative estimate of drug-likeness (QED) is 0.697. The second-order valence-corrected chi connectivity index (χ2v) is 5.08. The van der Waals surface area contributed by atoms with Crippen LogP contribution >= 0.6 is 0 Å². The van der Waals surface area contributed by atoms with Crippen molar-refractivity contribution >= 4 is 0 Å². The first-order valence-electron chi connectivity index (χ1n) is 7.59.